The maximum atomic E-state index is 14.6. The van der Waals surface area contributed by atoms with Gasteiger partial charge in [-0.2, -0.15) is 0 Å². The lowest BCUT2D eigenvalue weighted by atomic mass is 10.0. The zero-order chi connectivity index (χ0) is 34.7. The Hall–Kier alpha value is -4.54. The summed E-state index contributed by atoms with van der Waals surface area (Å²) in [6, 6.07) is 27.8. The fraction of sp³-hybridized carbons (Fsp3) is 0.297. The van der Waals surface area contributed by atoms with E-state index in [1.54, 1.807) is 49.6 Å². The Labute approximate surface area is 288 Å². The zero-order valence-corrected chi connectivity index (χ0v) is 29.2. The van der Waals surface area contributed by atoms with Gasteiger partial charge in [0.15, 0.2) is 0 Å². The molecule has 0 bridgehead atoms. The first kappa shape index (κ1) is 36.3. The fourth-order valence-electron chi connectivity index (χ4n) is 5.10. The second kappa shape index (κ2) is 17.0. The summed E-state index contributed by atoms with van der Waals surface area (Å²) in [6.45, 7) is 5.60. The number of nitrogens with zero attached hydrogens (tertiary/aromatic N) is 2. The molecule has 0 aliphatic rings. The van der Waals surface area contributed by atoms with Gasteiger partial charge in [-0.05, 0) is 92.1 Å². The van der Waals surface area contributed by atoms with E-state index in [0.717, 1.165) is 9.87 Å². The number of methoxy groups -OCH3 is 1. The highest BCUT2D eigenvalue weighted by Crippen LogP contribution is 2.28. The van der Waals surface area contributed by atoms with Crippen molar-refractivity contribution >= 4 is 39.1 Å². The molecule has 48 heavy (non-hydrogen) atoms. The molecule has 1 N–H and O–H groups in total. The molecule has 0 saturated carbocycles. The summed E-state index contributed by atoms with van der Waals surface area (Å²) in [5.74, 6) is 0.243. The van der Waals surface area contributed by atoms with E-state index in [-0.39, 0.29) is 35.5 Å². The third-order valence-corrected chi connectivity index (χ3v) is 9.92. The van der Waals surface area contributed by atoms with Crippen molar-refractivity contribution in [1.82, 2.24) is 10.2 Å². The number of nitrogens with one attached hydrogen (secondary N) is 1. The van der Waals surface area contributed by atoms with Crippen molar-refractivity contribution in [2.75, 3.05) is 24.6 Å². The van der Waals surface area contributed by atoms with Gasteiger partial charge in [-0.15, -0.1) is 0 Å². The van der Waals surface area contributed by atoms with E-state index in [1.165, 1.54) is 29.2 Å². The van der Waals surface area contributed by atoms with E-state index in [4.69, 9.17) is 21.1 Å². The third-order valence-electron chi connectivity index (χ3n) is 7.88. The van der Waals surface area contributed by atoms with Gasteiger partial charge in [-0.25, -0.2) is 8.42 Å². The van der Waals surface area contributed by atoms with Crippen LogP contribution in [0, 0.1) is 0 Å². The average molecular weight is 692 g/mol. The minimum absolute atomic E-state index is 0.0274. The minimum Gasteiger partial charge on any atom is -0.497 e. The molecule has 11 heteroatoms. The van der Waals surface area contributed by atoms with Crippen LogP contribution in [-0.2, 0) is 32.6 Å². The molecule has 0 aliphatic carbocycles. The second-order valence-corrected chi connectivity index (χ2v) is 13.6. The molecule has 0 heterocycles. The van der Waals surface area contributed by atoms with Gasteiger partial charge < -0.3 is 19.7 Å². The number of anilines is 1. The highest BCUT2D eigenvalue weighted by atomic mass is 35.5. The molecule has 0 fully saturated rings. The Morgan fingerprint density at radius 1 is 0.854 bits per heavy atom. The molecule has 0 unspecified atom stereocenters. The summed E-state index contributed by atoms with van der Waals surface area (Å²) in [5, 5.41) is 3.42. The largest absolute Gasteiger partial charge is 0.497 e. The first-order valence-electron chi connectivity index (χ1n) is 15.8. The molecule has 2 amide bonds. The van der Waals surface area contributed by atoms with Crippen molar-refractivity contribution in [1.29, 1.82) is 0 Å². The van der Waals surface area contributed by atoms with E-state index < -0.39 is 28.5 Å². The van der Waals surface area contributed by atoms with Crippen LogP contribution in [0.15, 0.2) is 108 Å². The molecule has 9 nitrogen and oxygen atoms in total. The minimum atomic E-state index is -4.27. The van der Waals surface area contributed by atoms with Gasteiger partial charge in [-0.3, -0.25) is 13.9 Å². The van der Waals surface area contributed by atoms with E-state index in [1.807, 2.05) is 57.2 Å². The number of sulfonamides is 1. The van der Waals surface area contributed by atoms with Gasteiger partial charge >= 0.3 is 0 Å². The van der Waals surface area contributed by atoms with E-state index in [0.29, 0.717) is 35.1 Å². The number of amides is 2. The van der Waals surface area contributed by atoms with Crippen LogP contribution in [0.25, 0.3) is 0 Å². The summed E-state index contributed by atoms with van der Waals surface area (Å²) in [5.41, 5.74) is 1.82. The number of hydrogen-bond donors (Lipinski definition) is 1. The van der Waals surface area contributed by atoms with Crippen molar-refractivity contribution in [3.8, 4) is 11.5 Å². The maximum Gasteiger partial charge on any atom is 0.264 e. The number of hydrogen-bond acceptors (Lipinski definition) is 6. The predicted molar refractivity (Wildman–Crippen MR) is 189 cm³/mol. The Kier molecular flexibility index (Phi) is 12.9. The van der Waals surface area contributed by atoms with Gasteiger partial charge in [0.2, 0.25) is 11.8 Å². The summed E-state index contributed by atoms with van der Waals surface area (Å²) in [4.78, 5) is 30.1. The zero-order valence-electron chi connectivity index (χ0n) is 27.6. The van der Waals surface area contributed by atoms with Crippen molar-refractivity contribution in [3.05, 3.63) is 119 Å². The molecule has 0 saturated heterocycles. The van der Waals surface area contributed by atoms with Crippen molar-refractivity contribution in [2.45, 2.75) is 57.1 Å². The van der Waals surface area contributed by atoms with Gasteiger partial charge in [0.05, 0.1) is 24.3 Å². The Balaban J connectivity index is 1.82. The molecular weight excluding hydrogens is 650 g/mol. The van der Waals surface area contributed by atoms with Gasteiger partial charge in [0, 0.05) is 24.0 Å². The van der Waals surface area contributed by atoms with Crippen LogP contribution in [-0.4, -0.2) is 57.5 Å². The first-order chi connectivity index (χ1) is 23.0. The van der Waals surface area contributed by atoms with Crippen LogP contribution >= 0.6 is 11.6 Å². The summed E-state index contributed by atoms with van der Waals surface area (Å²) in [7, 11) is -2.72. The quantitative estimate of drug-likeness (QED) is 0.144. The smallest absolute Gasteiger partial charge is 0.264 e. The lowest BCUT2D eigenvalue weighted by Crippen LogP contribution is -2.54. The van der Waals surface area contributed by atoms with E-state index in [2.05, 4.69) is 5.32 Å². The van der Waals surface area contributed by atoms with E-state index in [9.17, 15) is 18.0 Å². The lowest BCUT2D eigenvalue weighted by Gasteiger charge is -2.34. The second-order valence-electron chi connectivity index (χ2n) is 11.3. The monoisotopic (exact) mass is 691 g/mol. The molecular formula is C37H42ClN3O6S. The lowest BCUT2D eigenvalue weighted by molar-refractivity contribution is -0.140. The maximum absolute atomic E-state index is 14.6. The molecule has 4 aromatic carbocycles. The summed E-state index contributed by atoms with van der Waals surface area (Å²) >= 11 is 6.08. The number of carbonyl (C=O) groups excluding carboxylic acids is 2. The normalized spacial score (nSPS) is 12.4. The van der Waals surface area contributed by atoms with Crippen LogP contribution in [0.4, 0.5) is 5.69 Å². The number of ether oxygens (including phenoxy) is 2. The molecule has 0 aromatic heterocycles. The molecule has 0 radical (unpaired) electrons. The SMILES string of the molecule is CCOc1ccc(N(CC(=O)N(Cc2cccc(OC)c2)[C@H](Cc2ccccc2)C(=O)N[C@@H](C)CC)S(=O)(=O)c2ccc(Cl)cc2)cc1. The van der Waals surface area contributed by atoms with Gasteiger partial charge in [0.25, 0.3) is 10.0 Å². The van der Waals surface area contributed by atoms with E-state index >= 15 is 0 Å². The Morgan fingerprint density at radius 3 is 2.15 bits per heavy atom. The number of carbonyl (C=O) groups is 2. The number of halogens is 1. The average Bonchev–Trinajstić information content (AvgIpc) is 3.09. The molecule has 254 valence electrons. The van der Waals surface area contributed by atoms with Crippen LogP contribution in [0.1, 0.15) is 38.3 Å². The molecule has 0 aliphatic heterocycles. The van der Waals surface area contributed by atoms with Crippen LogP contribution in [0.5, 0.6) is 11.5 Å². The summed E-state index contributed by atoms with van der Waals surface area (Å²) < 4.78 is 40.5. The molecule has 0 spiro atoms. The topological polar surface area (TPSA) is 105 Å². The van der Waals surface area contributed by atoms with Crippen LogP contribution in [0.2, 0.25) is 5.02 Å². The van der Waals surface area contributed by atoms with Crippen molar-refractivity contribution < 1.29 is 27.5 Å². The third kappa shape index (κ3) is 9.51. The van der Waals surface area contributed by atoms with Gasteiger partial charge in [-0.1, -0.05) is 61.0 Å². The molecule has 4 rings (SSSR count). The first-order valence-corrected chi connectivity index (χ1v) is 17.6. The predicted octanol–water partition coefficient (Wildman–Crippen LogP) is 6.50. The van der Waals surface area contributed by atoms with Crippen LogP contribution < -0.4 is 19.1 Å². The highest BCUT2D eigenvalue weighted by molar-refractivity contribution is 7.92. The fourth-order valence-corrected chi connectivity index (χ4v) is 6.64. The number of rotatable bonds is 16. The standard InChI is InChI=1S/C37H42ClN3O6S/c1-5-27(3)39-37(43)35(24-28-11-8-7-9-12-28)40(25-29-13-10-14-33(23-29)46-4)36(42)26-41(31-17-19-32(20-18-31)47-6-2)48(44,45)34-21-15-30(38)16-22-34/h7-23,27,35H,5-6,24-26H2,1-4H3,(H,39,43)/t27-,35+/m0/s1. The van der Waals surface area contributed by atoms with Crippen LogP contribution in [0.3, 0.4) is 0 Å². The van der Waals surface area contributed by atoms with Crippen molar-refractivity contribution in [3.63, 3.8) is 0 Å². The highest BCUT2D eigenvalue weighted by Gasteiger charge is 2.35. The number of benzene rings is 4. The molecule has 4 aromatic rings. The summed E-state index contributed by atoms with van der Waals surface area (Å²) in [6.07, 6.45) is 0.907. The molecule has 2 atom stereocenters. The Bertz CT molecular complexity index is 1750. The van der Waals surface area contributed by atoms with Gasteiger partial charge in [0.1, 0.15) is 24.1 Å². The Morgan fingerprint density at radius 2 is 1.52 bits per heavy atom. The van der Waals surface area contributed by atoms with Crippen molar-refractivity contribution in [2.24, 2.45) is 0 Å².